The molecule has 0 spiro atoms. The molecule has 0 saturated carbocycles. The Morgan fingerprint density at radius 2 is 1.96 bits per heavy atom. The monoisotopic (exact) mass is 369 g/mol. The topological polar surface area (TPSA) is 77.0 Å². The summed E-state index contributed by atoms with van der Waals surface area (Å²) in [4.78, 5) is 31.3. The largest absolute Gasteiger partial charge is 0.357 e. The van der Waals surface area contributed by atoms with E-state index in [-0.39, 0.29) is 18.5 Å². The van der Waals surface area contributed by atoms with Crippen LogP contribution in [-0.2, 0) is 4.79 Å². The maximum absolute atomic E-state index is 11.6. The Labute approximate surface area is 160 Å². The standard InChI is InChI=1S/C20H27N5O2/c1-2-21-19(22-10-13-25-18(26)15-23-20(25)27)24-11-8-17(9-12-24)14-16-6-4-3-5-7-16/h3-7,14H,2,8-13,15H2,1H3,(H,21,22)(H,23,27). The van der Waals surface area contributed by atoms with Crippen LogP contribution in [0.4, 0.5) is 4.79 Å². The number of likely N-dealkylation sites (tertiary alicyclic amines) is 1. The maximum Gasteiger partial charge on any atom is 0.324 e. The van der Waals surface area contributed by atoms with E-state index in [9.17, 15) is 9.59 Å². The number of benzene rings is 1. The van der Waals surface area contributed by atoms with Gasteiger partial charge in [0.05, 0.1) is 19.6 Å². The zero-order valence-electron chi connectivity index (χ0n) is 15.8. The van der Waals surface area contributed by atoms with Gasteiger partial charge in [0, 0.05) is 19.6 Å². The molecule has 1 aromatic rings. The molecule has 2 heterocycles. The summed E-state index contributed by atoms with van der Waals surface area (Å²) < 4.78 is 0. The number of urea groups is 1. The number of carbonyl (C=O) groups is 2. The highest BCUT2D eigenvalue weighted by molar-refractivity contribution is 6.01. The van der Waals surface area contributed by atoms with E-state index >= 15 is 0 Å². The molecule has 144 valence electrons. The SMILES string of the molecule is CCNC(=NCCN1C(=O)CNC1=O)N1CCC(=Cc2ccccc2)CC1. The molecule has 7 nitrogen and oxygen atoms in total. The van der Waals surface area contributed by atoms with Gasteiger partial charge in [-0.15, -0.1) is 0 Å². The number of imide groups is 1. The van der Waals surface area contributed by atoms with Gasteiger partial charge in [0.1, 0.15) is 0 Å². The number of guanidine groups is 1. The van der Waals surface area contributed by atoms with Crippen molar-refractivity contribution in [2.45, 2.75) is 19.8 Å². The predicted molar refractivity (Wildman–Crippen MR) is 106 cm³/mol. The molecule has 0 bridgehead atoms. The van der Waals surface area contributed by atoms with Gasteiger partial charge in [-0.05, 0) is 25.3 Å². The number of nitrogens with one attached hydrogen (secondary N) is 2. The second-order valence-electron chi connectivity index (χ2n) is 6.64. The maximum atomic E-state index is 11.6. The second-order valence-corrected chi connectivity index (χ2v) is 6.64. The van der Waals surface area contributed by atoms with E-state index in [4.69, 9.17) is 0 Å². The van der Waals surface area contributed by atoms with Gasteiger partial charge < -0.3 is 15.5 Å². The fraction of sp³-hybridized carbons (Fsp3) is 0.450. The van der Waals surface area contributed by atoms with E-state index < -0.39 is 0 Å². The number of rotatable bonds is 5. The van der Waals surface area contributed by atoms with Crippen LogP contribution in [-0.4, -0.2) is 67.0 Å². The van der Waals surface area contributed by atoms with Gasteiger partial charge in [0.15, 0.2) is 5.96 Å². The van der Waals surface area contributed by atoms with Crippen LogP contribution in [0.3, 0.4) is 0 Å². The Morgan fingerprint density at radius 3 is 2.59 bits per heavy atom. The van der Waals surface area contributed by atoms with Gasteiger partial charge in [0.2, 0.25) is 5.91 Å². The number of amides is 3. The highest BCUT2D eigenvalue weighted by atomic mass is 16.2. The molecule has 0 unspecified atom stereocenters. The Morgan fingerprint density at radius 1 is 1.22 bits per heavy atom. The van der Waals surface area contributed by atoms with Gasteiger partial charge in [-0.1, -0.05) is 42.0 Å². The molecule has 2 aliphatic heterocycles. The lowest BCUT2D eigenvalue weighted by Crippen LogP contribution is -2.45. The normalized spacial score (nSPS) is 18.0. The molecule has 7 heteroatoms. The fourth-order valence-corrected chi connectivity index (χ4v) is 3.30. The first kappa shape index (κ1) is 18.9. The summed E-state index contributed by atoms with van der Waals surface area (Å²) in [5.41, 5.74) is 2.70. The molecule has 2 aliphatic rings. The van der Waals surface area contributed by atoms with Crippen LogP contribution in [0.2, 0.25) is 0 Å². The van der Waals surface area contributed by atoms with E-state index in [2.05, 4.69) is 50.9 Å². The lowest BCUT2D eigenvalue weighted by molar-refractivity contribution is -0.124. The van der Waals surface area contributed by atoms with E-state index in [0.29, 0.717) is 13.1 Å². The van der Waals surface area contributed by atoms with Crippen molar-refractivity contribution in [3.8, 4) is 0 Å². The highest BCUT2D eigenvalue weighted by Gasteiger charge is 2.27. The second kappa shape index (κ2) is 9.21. The average molecular weight is 369 g/mol. The predicted octanol–water partition coefficient (Wildman–Crippen LogP) is 1.68. The third kappa shape index (κ3) is 5.09. The summed E-state index contributed by atoms with van der Waals surface area (Å²) in [6.07, 6.45) is 4.29. The Kier molecular flexibility index (Phi) is 6.46. The Balaban J connectivity index is 1.55. The minimum Gasteiger partial charge on any atom is -0.357 e. The molecule has 0 radical (unpaired) electrons. The van der Waals surface area contributed by atoms with Crippen LogP contribution < -0.4 is 10.6 Å². The molecule has 2 saturated heterocycles. The lowest BCUT2D eigenvalue weighted by atomic mass is 10.0. The van der Waals surface area contributed by atoms with Crippen LogP contribution in [0.5, 0.6) is 0 Å². The molecule has 0 atom stereocenters. The van der Waals surface area contributed by atoms with Crippen molar-refractivity contribution in [3.63, 3.8) is 0 Å². The summed E-state index contributed by atoms with van der Waals surface area (Å²) in [5, 5.41) is 5.84. The number of aliphatic imine (C=N–C) groups is 1. The molecule has 2 fully saturated rings. The third-order valence-corrected chi connectivity index (χ3v) is 4.73. The minimum atomic E-state index is -0.325. The van der Waals surface area contributed by atoms with Gasteiger partial charge in [-0.25, -0.2) is 4.79 Å². The van der Waals surface area contributed by atoms with Crippen molar-refractivity contribution < 1.29 is 9.59 Å². The molecule has 2 N–H and O–H groups in total. The number of nitrogens with zero attached hydrogens (tertiary/aromatic N) is 3. The Hall–Kier alpha value is -2.83. The molecular formula is C20H27N5O2. The third-order valence-electron chi connectivity index (χ3n) is 4.73. The van der Waals surface area contributed by atoms with Gasteiger partial charge in [-0.3, -0.25) is 14.7 Å². The summed E-state index contributed by atoms with van der Waals surface area (Å²) in [6, 6.07) is 10.1. The van der Waals surface area contributed by atoms with E-state index in [0.717, 1.165) is 38.4 Å². The van der Waals surface area contributed by atoms with Crippen molar-refractivity contribution in [3.05, 3.63) is 41.5 Å². The number of carbonyl (C=O) groups excluding carboxylic acids is 2. The summed E-state index contributed by atoms with van der Waals surface area (Å²) in [7, 11) is 0. The fourth-order valence-electron chi connectivity index (χ4n) is 3.30. The van der Waals surface area contributed by atoms with Crippen LogP contribution in [0.25, 0.3) is 6.08 Å². The van der Waals surface area contributed by atoms with Gasteiger partial charge in [-0.2, -0.15) is 0 Å². The van der Waals surface area contributed by atoms with Crippen LogP contribution in [0, 0.1) is 0 Å². The highest BCUT2D eigenvalue weighted by Crippen LogP contribution is 2.19. The molecule has 0 aromatic heterocycles. The lowest BCUT2D eigenvalue weighted by Gasteiger charge is -2.31. The number of hydrogen-bond donors (Lipinski definition) is 2. The molecular weight excluding hydrogens is 342 g/mol. The van der Waals surface area contributed by atoms with Crippen molar-refractivity contribution >= 4 is 24.0 Å². The zero-order valence-corrected chi connectivity index (χ0v) is 15.8. The van der Waals surface area contributed by atoms with Gasteiger partial charge >= 0.3 is 6.03 Å². The first-order valence-electron chi connectivity index (χ1n) is 9.53. The number of hydrogen-bond acceptors (Lipinski definition) is 3. The molecule has 0 aliphatic carbocycles. The van der Waals surface area contributed by atoms with E-state index in [1.54, 1.807) is 0 Å². The first-order chi connectivity index (χ1) is 13.2. The van der Waals surface area contributed by atoms with Crippen molar-refractivity contribution in [2.75, 3.05) is 39.3 Å². The Bertz CT molecular complexity index is 703. The molecule has 3 rings (SSSR count). The first-order valence-corrected chi connectivity index (χ1v) is 9.53. The number of piperidine rings is 1. The van der Waals surface area contributed by atoms with Crippen LogP contribution in [0.1, 0.15) is 25.3 Å². The van der Waals surface area contributed by atoms with Gasteiger partial charge in [0.25, 0.3) is 0 Å². The smallest absolute Gasteiger partial charge is 0.324 e. The zero-order chi connectivity index (χ0) is 19.1. The van der Waals surface area contributed by atoms with E-state index in [1.165, 1.54) is 16.0 Å². The summed E-state index contributed by atoms with van der Waals surface area (Å²) >= 11 is 0. The minimum absolute atomic E-state index is 0.0886. The molecule has 1 aromatic carbocycles. The molecule has 27 heavy (non-hydrogen) atoms. The summed E-state index contributed by atoms with van der Waals surface area (Å²) in [6.45, 7) is 5.45. The van der Waals surface area contributed by atoms with E-state index in [1.807, 2.05) is 13.0 Å². The summed E-state index contributed by atoms with van der Waals surface area (Å²) in [5.74, 6) is 0.664. The van der Waals surface area contributed by atoms with Crippen LogP contribution in [0.15, 0.2) is 40.9 Å². The molecule has 3 amide bonds. The quantitative estimate of drug-likeness (QED) is 0.470. The van der Waals surface area contributed by atoms with Crippen LogP contribution >= 0.6 is 0 Å². The van der Waals surface area contributed by atoms with Crippen molar-refractivity contribution in [2.24, 2.45) is 4.99 Å². The van der Waals surface area contributed by atoms with Crippen molar-refractivity contribution in [1.29, 1.82) is 0 Å². The van der Waals surface area contributed by atoms with Crippen molar-refractivity contribution in [1.82, 2.24) is 20.4 Å². The average Bonchev–Trinajstić information content (AvgIpc) is 3.01.